The topological polar surface area (TPSA) is 63.6 Å². The number of thiazole rings is 1. The normalized spacial score (nSPS) is 11.6. The van der Waals surface area contributed by atoms with Crippen LogP contribution in [0.3, 0.4) is 0 Å². The van der Waals surface area contributed by atoms with E-state index in [2.05, 4.69) is 76.5 Å². The summed E-state index contributed by atoms with van der Waals surface area (Å²) in [6, 6.07) is 21.7. The first-order valence-electron chi connectivity index (χ1n) is 11.9. The van der Waals surface area contributed by atoms with Crippen LogP contribution in [0.25, 0.3) is 11.3 Å². The molecule has 0 spiro atoms. The van der Waals surface area contributed by atoms with Crippen molar-refractivity contribution in [3.8, 4) is 17.0 Å². The highest BCUT2D eigenvalue weighted by Crippen LogP contribution is 2.29. The lowest BCUT2D eigenvalue weighted by Crippen LogP contribution is -2.19. The van der Waals surface area contributed by atoms with Crippen molar-refractivity contribution in [3.05, 3.63) is 98.3 Å². The molecule has 196 valence electrons. The Bertz CT molecular complexity index is 1420. The first kappa shape index (κ1) is 28.4. The molecule has 0 atom stereocenters. The van der Waals surface area contributed by atoms with Crippen molar-refractivity contribution in [2.75, 3.05) is 5.75 Å². The lowest BCUT2D eigenvalue weighted by molar-refractivity contribution is -0.118. The van der Waals surface area contributed by atoms with Crippen molar-refractivity contribution in [1.82, 2.24) is 10.4 Å². The number of rotatable bonds is 9. The molecule has 0 saturated heterocycles. The third-order valence-electron chi connectivity index (χ3n) is 5.53. The molecule has 4 rings (SSSR count). The van der Waals surface area contributed by atoms with Crippen LogP contribution in [0.15, 0.2) is 86.0 Å². The molecular weight excluding hydrogens is 602 g/mol. The van der Waals surface area contributed by atoms with Crippen LogP contribution < -0.4 is 10.2 Å². The van der Waals surface area contributed by atoms with E-state index in [9.17, 15) is 4.79 Å². The van der Waals surface area contributed by atoms with Crippen molar-refractivity contribution in [1.29, 1.82) is 0 Å². The summed E-state index contributed by atoms with van der Waals surface area (Å²) >= 11 is 12.3. The highest BCUT2D eigenvalue weighted by Gasteiger charge is 2.13. The fourth-order valence-corrected chi connectivity index (χ4v) is 5.56. The molecular formula is C29H27BrClN3O2S2. The number of ether oxygens (including phenoxy) is 1. The summed E-state index contributed by atoms with van der Waals surface area (Å²) in [7, 11) is 0. The monoisotopic (exact) mass is 627 g/mol. The molecule has 3 aromatic carbocycles. The minimum atomic E-state index is -0.217. The van der Waals surface area contributed by atoms with Crippen LogP contribution in [0, 0.1) is 0 Å². The standard InChI is InChI=1S/C29H27BrClN3O2S2/c1-29(2,3)22-8-4-19(5-9-22)16-36-26-13-10-23(30)14-21(26)15-32-34-27(35)18-38-28-33-25(17-37-28)20-6-11-24(31)12-7-20/h4-15,17H,16,18H2,1-3H3,(H,34,35)/b32-15+. The minimum Gasteiger partial charge on any atom is -0.488 e. The Morgan fingerprint density at radius 2 is 1.87 bits per heavy atom. The number of aromatic nitrogens is 1. The van der Waals surface area contributed by atoms with Gasteiger partial charge in [-0.3, -0.25) is 4.79 Å². The number of carbonyl (C=O) groups excluding carboxylic acids is 1. The van der Waals surface area contributed by atoms with Gasteiger partial charge in [0, 0.05) is 26.0 Å². The van der Waals surface area contributed by atoms with Crippen molar-refractivity contribution >= 4 is 62.8 Å². The molecule has 0 aliphatic heterocycles. The molecule has 1 aromatic heterocycles. The predicted octanol–water partition coefficient (Wildman–Crippen LogP) is 8.34. The molecule has 38 heavy (non-hydrogen) atoms. The summed E-state index contributed by atoms with van der Waals surface area (Å²) in [6.07, 6.45) is 1.59. The SMILES string of the molecule is CC(C)(C)c1ccc(COc2ccc(Br)cc2/C=N/NC(=O)CSc2nc(-c3ccc(Cl)cc3)cs2)cc1. The molecule has 1 N–H and O–H groups in total. The number of hydrazone groups is 1. The number of nitrogens with one attached hydrogen (secondary N) is 1. The van der Waals surface area contributed by atoms with Crippen LogP contribution in [0.1, 0.15) is 37.5 Å². The maximum atomic E-state index is 12.4. The number of amides is 1. The molecule has 4 aromatic rings. The van der Waals surface area contributed by atoms with Crippen molar-refractivity contribution in [3.63, 3.8) is 0 Å². The predicted molar refractivity (Wildman–Crippen MR) is 163 cm³/mol. The van der Waals surface area contributed by atoms with Gasteiger partial charge < -0.3 is 4.74 Å². The van der Waals surface area contributed by atoms with Gasteiger partial charge in [0.2, 0.25) is 0 Å². The Hall–Kier alpha value is -2.65. The van der Waals surface area contributed by atoms with Crippen molar-refractivity contribution < 1.29 is 9.53 Å². The fraction of sp³-hybridized carbons (Fsp3) is 0.207. The maximum Gasteiger partial charge on any atom is 0.250 e. The number of hydrogen-bond donors (Lipinski definition) is 1. The second-order valence-electron chi connectivity index (χ2n) is 9.51. The molecule has 1 amide bonds. The number of hydrogen-bond acceptors (Lipinski definition) is 6. The van der Waals surface area contributed by atoms with Gasteiger partial charge in [-0.15, -0.1) is 11.3 Å². The first-order valence-corrected chi connectivity index (χ1v) is 14.9. The molecule has 0 radical (unpaired) electrons. The number of nitrogens with zero attached hydrogens (tertiary/aromatic N) is 2. The van der Waals surface area contributed by atoms with E-state index in [4.69, 9.17) is 16.3 Å². The van der Waals surface area contributed by atoms with Gasteiger partial charge in [-0.1, -0.05) is 96.5 Å². The van der Waals surface area contributed by atoms with Crippen LogP contribution in [0.4, 0.5) is 0 Å². The van der Waals surface area contributed by atoms with Crippen LogP contribution in [0.2, 0.25) is 5.02 Å². The molecule has 0 fully saturated rings. The zero-order valence-electron chi connectivity index (χ0n) is 21.2. The molecule has 0 bridgehead atoms. The summed E-state index contributed by atoms with van der Waals surface area (Å²) < 4.78 is 7.77. The lowest BCUT2D eigenvalue weighted by Gasteiger charge is -2.19. The van der Waals surface area contributed by atoms with E-state index < -0.39 is 0 Å². The Morgan fingerprint density at radius 3 is 2.58 bits per heavy atom. The summed E-state index contributed by atoms with van der Waals surface area (Å²) in [4.78, 5) is 16.9. The van der Waals surface area contributed by atoms with E-state index >= 15 is 0 Å². The molecule has 0 unspecified atom stereocenters. The zero-order valence-corrected chi connectivity index (χ0v) is 25.2. The summed E-state index contributed by atoms with van der Waals surface area (Å²) in [5.74, 6) is 0.668. The van der Waals surface area contributed by atoms with Gasteiger partial charge in [0.25, 0.3) is 5.91 Å². The van der Waals surface area contributed by atoms with E-state index in [-0.39, 0.29) is 17.1 Å². The van der Waals surface area contributed by atoms with Gasteiger partial charge in [-0.2, -0.15) is 5.10 Å². The van der Waals surface area contributed by atoms with Crippen molar-refractivity contribution in [2.45, 2.75) is 37.1 Å². The van der Waals surface area contributed by atoms with Gasteiger partial charge in [-0.25, -0.2) is 10.4 Å². The Labute approximate surface area is 244 Å². The summed E-state index contributed by atoms with van der Waals surface area (Å²) in [5.41, 5.74) is 7.66. The van der Waals surface area contributed by atoms with E-state index in [1.165, 1.54) is 28.7 Å². The average molecular weight is 629 g/mol. The Morgan fingerprint density at radius 1 is 1.13 bits per heavy atom. The van der Waals surface area contributed by atoms with Crippen LogP contribution in [-0.4, -0.2) is 22.9 Å². The number of carbonyl (C=O) groups is 1. The van der Waals surface area contributed by atoms with E-state index in [1.807, 2.05) is 47.8 Å². The minimum absolute atomic E-state index is 0.109. The van der Waals surface area contributed by atoms with E-state index in [1.54, 1.807) is 6.21 Å². The third-order valence-corrected chi connectivity index (χ3v) is 8.30. The summed E-state index contributed by atoms with van der Waals surface area (Å²) in [5, 5.41) is 6.79. The molecule has 1 heterocycles. The number of benzene rings is 3. The Balaban J connectivity index is 1.30. The maximum absolute atomic E-state index is 12.4. The van der Waals surface area contributed by atoms with E-state index in [0.717, 1.165) is 31.2 Å². The lowest BCUT2D eigenvalue weighted by atomic mass is 9.87. The second kappa shape index (κ2) is 12.9. The van der Waals surface area contributed by atoms with Gasteiger partial charge in [0.1, 0.15) is 12.4 Å². The molecule has 9 heteroatoms. The van der Waals surface area contributed by atoms with Gasteiger partial charge in [0.15, 0.2) is 4.34 Å². The van der Waals surface area contributed by atoms with Crippen LogP contribution >= 0.6 is 50.6 Å². The highest BCUT2D eigenvalue weighted by molar-refractivity contribution is 9.10. The van der Waals surface area contributed by atoms with Crippen molar-refractivity contribution in [2.24, 2.45) is 5.10 Å². The van der Waals surface area contributed by atoms with Gasteiger partial charge in [0.05, 0.1) is 17.7 Å². The molecule has 0 aliphatic rings. The number of thioether (sulfide) groups is 1. The quantitative estimate of drug-likeness (QED) is 0.115. The smallest absolute Gasteiger partial charge is 0.250 e. The van der Waals surface area contributed by atoms with Crippen LogP contribution in [0.5, 0.6) is 5.75 Å². The highest BCUT2D eigenvalue weighted by atomic mass is 79.9. The molecule has 0 aliphatic carbocycles. The third kappa shape index (κ3) is 8.17. The van der Waals surface area contributed by atoms with Gasteiger partial charge in [-0.05, 0) is 46.9 Å². The number of halogens is 2. The van der Waals surface area contributed by atoms with E-state index in [0.29, 0.717) is 17.4 Å². The molecule has 5 nitrogen and oxygen atoms in total. The average Bonchev–Trinajstić information content (AvgIpc) is 3.36. The second-order valence-corrected chi connectivity index (χ2v) is 12.9. The van der Waals surface area contributed by atoms with Crippen LogP contribution in [-0.2, 0) is 16.8 Å². The largest absolute Gasteiger partial charge is 0.488 e. The zero-order chi connectivity index (χ0) is 27.1. The van der Waals surface area contributed by atoms with Gasteiger partial charge >= 0.3 is 0 Å². The Kier molecular flexibility index (Phi) is 9.65. The summed E-state index contributed by atoms with van der Waals surface area (Å²) in [6.45, 7) is 7.02. The first-order chi connectivity index (χ1) is 18.2. The fourth-order valence-electron chi connectivity index (χ4n) is 3.42. The molecule has 0 saturated carbocycles.